The van der Waals surface area contributed by atoms with Gasteiger partial charge in [-0.15, -0.1) is 0 Å². The van der Waals surface area contributed by atoms with Crippen LogP contribution < -0.4 is 0 Å². The van der Waals surface area contributed by atoms with Crippen LogP contribution in [0.1, 0.15) is 11.4 Å². The van der Waals surface area contributed by atoms with Crippen molar-refractivity contribution in [3.63, 3.8) is 0 Å². The Hall–Kier alpha value is -1.31. The van der Waals surface area contributed by atoms with E-state index in [0.717, 1.165) is 31.4 Å². The van der Waals surface area contributed by atoms with Crippen LogP contribution in [-0.2, 0) is 6.61 Å². The molecule has 0 aliphatic rings. The summed E-state index contributed by atoms with van der Waals surface area (Å²) in [4.78, 5) is 9.28. The molecule has 0 saturated carbocycles. The third-order valence-corrected chi connectivity index (χ3v) is 3.99. The highest BCUT2D eigenvalue weighted by molar-refractivity contribution is 9.10. The molecular weight excluding hydrogens is 316 g/mol. The minimum absolute atomic E-state index is 0.0626. The second-order valence-electron chi connectivity index (χ2n) is 3.80. The van der Waals surface area contributed by atoms with E-state index in [1.54, 1.807) is 16.9 Å². The number of halogens is 1. The van der Waals surface area contributed by atoms with E-state index >= 15 is 0 Å². The Morgan fingerprint density at radius 3 is 3.00 bits per heavy atom. The molecule has 3 heterocycles. The van der Waals surface area contributed by atoms with Crippen molar-refractivity contribution in [3.8, 4) is 10.6 Å². The van der Waals surface area contributed by atoms with Crippen molar-refractivity contribution in [1.82, 2.24) is 19.6 Å². The third-order valence-electron chi connectivity index (χ3n) is 2.60. The molecule has 0 radical (unpaired) electrons. The second kappa shape index (κ2) is 4.42. The molecule has 0 aromatic carbocycles. The molecule has 0 spiro atoms. The first kappa shape index (κ1) is 11.8. The van der Waals surface area contributed by atoms with Crippen LogP contribution in [0.2, 0.25) is 0 Å². The van der Waals surface area contributed by atoms with Gasteiger partial charge in [0.15, 0.2) is 0 Å². The zero-order chi connectivity index (χ0) is 12.7. The molecule has 3 aromatic heterocycles. The van der Waals surface area contributed by atoms with Crippen molar-refractivity contribution in [3.05, 3.63) is 34.3 Å². The van der Waals surface area contributed by atoms with Crippen LogP contribution >= 0.6 is 27.3 Å². The van der Waals surface area contributed by atoms with Crippen molar-refractivity contribution >= 4 is 32.2 Å². The smallest absolute Gasteiger partial charge is 0.213 e. The number of hydrogen-bond acceptors (Lipinski definition) is 5. The SMILES string of the molecule is Cc1nc2sc(-c3cncc(Br)c3)nn2c1CO. The van der Waals surface area contributed by atoms with Crippen LogP contribution in [0.25, 0.3) is 15.5 Å². The molecular formula is C11H9BrN4OS. The Labute approximate surface area is 115 Å². The molecule has 0 unspecified atom stereocenters. The average molecular weight is 325 g/mol. The first-order chi connectivity index (χ1) is 8.69. The molecule has 3 rings (SSSR count). The third kappa shape index (κ3) is 1.84. The predicted molar refractivity (Wildman–Crippen MR) is 72.5 cm³/mol. The van der Waals surface area contributed by atoms with Gasteiger partial charge in [-0.05, 0) is 28.9 Å². The zero-order valence-corrected chi connectivity index (χ0v) is 11.9. The second-order valence-corrected chi connectivity index (χ2v) is 5.67. The number of aliphatic hydroxyl groups excluding tert-OH is 1. The monoisotopic (exact) mass is 324 g/mol. The minimum atomic E-state index is -0.0626. The first-order valence-corrected chi connectivity index (χ1v) is 6.87. The van der Waals surface area contributed by atoms with Crippen LogP contribution in [0.15, 0.2) is 22.9 Å². The first-order valence-electron chi connectivity index (χ1n) is 5.26. The summed E-state index contributed by atoms with van der Waals surface area (Å²) >= 11 is 4.86. The van der Waals surface area contributed by atoms with E-state index in [2.05, 4.69) is 31.0 Å². The zero-order valence-electron chi connectivity index (χ0n) is 9.46. The summed E-state index contributed by atoms with van der Waals surface area (Å²) in [5.74, 6) is 0. The van der Waals surface area contributed by atoms with Crippen molar-refractivity contribution in [2.75, 3.05) is 0 Å². The van der Waals surface area contributed by atoms with E-state index in [-0.39, 0.29) is 6.61 Å². The normalized spacial score (nSPS) is 11.3. The topological polar surface area (TPSA) is 63.3 Å². The summed E-state index contributed by atoms with van der Waals surface area (Å²) in [5.41, 5.74) is 2.48. The largest absolute Gasteiger partial charge is 0.390 e. The van der Waals surface area contributed by atoms with Crippen LogP contribution in [-0.4, -0.2) is 24.7 Å². The number of hydrogen-bond donors (Lipinski definition) is 1. The van der Waals surface area contributed by atoms with Gasteiger partial charge in [0.1, 0.15) is 5.01 Å². The van der Waals surface area contributed by atoms with Gasteiger partial charge >= 0.3 is 0 Å². The average Bonchev–Trinajstić information content (AvgIpc) is 2.85. The summed E-state index contributed by atoms with van der Waals surface area (Å²) in [6, 6.07) is 1.96. The quantitative estimate of drug-likeness (QED) is 0.786. The molecule has 0 fully saturated rings. The van der Waals surface area contributed by atoms with Crippen LogP contribution in [0, 0.1) is 6.92 Å². The van der Waals surface area contributed by atoms with E-state index < -0.39 is 0 Å². The Balaban J connectivity index is 2.17. The number of imidazole rings is 1. The number of aliphatic hydroxyl groups is 1. The van der Waals surface area contributed by atoms with Gasteiger partial charge < -0.3 is 5.11 Å². The van der Waals surface area contributed by atoms with Gasteiger partial charge in [0, 0.05) is 22.4 Å². The lowest BCUT2D eigenvalue weighted by Crippen LogP contribution is -1.95. The molecule has 0 aliphatic heterocycles. The molecule has 18 heavy (non-hydrogen) atoms. The lowest BCUT2D eigenvalue weighted by atomic mass is 10.3. The fourth-order valence-corrected chi connectivity index (χ4v) is 3.03. The minimum Gasteiger partial charge on any atom is -0.390 e. The number of rotatable bonds is 2. The summed E-state index contributed by atoms with van der Waals surface area (Å²) in [6.45, 7) is 1.81. The van der Waals surface area contributed by atoms with Crippen molar-refractivity contribution in [1.29, 1.82) is 0 Å². The molecule has 0 amide bonds. The Bertz CT molecular complexity index is 721. The number of fused-ring (bicyclic) bond motifs is 1. The number of nitrogens with zero attached hydrogens (tertiary/aromatic N) is 4. The van der Waals surface area contributed by atoms with Gasteiger partial charge in [0.05, 0.1) is 18.0 Å². The molecule has 5 nitrogen and oxygen atoms in total. The van der Waals surface area contributed by atoms with E-state index in [1.807, 2.05) is 13.0 Å². The summed E-state index contributed by atoms with van der Waals surface area (Å²) in [5, 5.41) is 14.6. The van der Waals surface area contributed by atoms with Crippen molar-refractivity contribution < 1.29 is 5.11 Å². The van der Waals surface area contributed by atoms with Gasteiger partial charge in [-0.3, -0.25) is 4.98 Å². The number of aromatic nitrogens is 4. The van der Waals surface area contributed by atoms with Crippen molar-refractivity contribution in [2.45, 2.75) is 13.5 Å². The van der Waals surface area contributed by atoms with Crippen LogP contribution in [0.5, 0.6) is 0 Å². The van der Waals surface area contributed by atoms with E-state index in [4.69, 9.17) is 0 Å². The molecule has 92 valence electrons. The van der Waals surface area contributed by atoms with Crippen LogP contribution in [0.3, 0.4) is 0 Å². The Kier molecular flexibility index (Phi) is 2.89. The molecule has 1 N–H and O–H groups in total. The predicted octanol–water partition coefficient (Wildman–Crippen LogP) is 2.42. The molecule has 0 bridgehead atoms. The molecule has 7 heteroatoms. The van der Waals surface area contributed by atoms with Gasteiger partial charge in [0.25, 0.3) is 0 Å². The summed E-state index contributed by atoms with van der Waals surface area (Å²) < 4.78 is 2.60. The van der Waals surface area contributed by atoms with Crippen molar-refractivity contribution in [2.24, 2.45) is 0 Å². The van der Waals surface area contributed by atoms with Gasteiger partial charge in [-0.1, -0.05) is 11.3 Å². The van der Waals surface area contributed by atoms with E-state index in [9.17, 15) is 5.11 Å². The number of aryl methyl sites for hydroxylation is 1. The Morgan fingerprint density at radius 1 is 1.44 bits per heavy atom. The fraction of sp³-hybridized carbons (Fsp3) is 0.182. The molecule has 3 aromatic rings. The number of pyridine rings is 1. The van der Waals surface area contributed by atoms with E-state index in [0.29, 0.717) is 0 Å². The molecule has 0 atom stereocenters. The highest BCUT2D eigenvalue weighted by Crippen LogP contribution is 2.28. The molecule has 0 aliphatic carbocycles. The van der Waals surface area contributed by atoms with Crippen LogP contribution in [0.4, 0.5) is 0 Å². The van der Waals surface area contributed by atoms with E-state index in [1.165, 1.54) is 11.3 Å². The van der Waals surface area contributed by atoms with Gasteiger partial charge in [-0.25, -0.2) is 9.50 Å². The Morgan fingerprint density at radius 2 is 2.28 bits per heavy atom. The fourth-order valence-electron chi connectivity index (χ4n) is 1.72. The molecule has 0 saturated heterocycles. The standard InChI is InChI=1S/C11H9BrN4OS/c1-6-9(5-17)16-11(14-6)18-10(15-16)7-2-8(12)4-13-3-7/h2-4,17H,5H2,1H3. The summed E-state index contributed by atoms with van der Waals surface area (Å²) in [7, 11) is 0. The van der Waals surface area contributed by atoms with Gasteiger partial charge in [0.2, 0.25) is 4.96 Å². The maximum atomic E-state index is 9.31. The highest BCUT2D eigenvalue weighted by atomic mass is 79.9. The lowest BCUT2D eigenvalue weighted by molar-refractivity contribution is 0.273. The lowest BCUT2D eigenvalue weighted by Gasteiger charge is -1.96. The summed E-state index contributed by atoms with van der Waals surface area (Å²) in [6.07, 6.45) is 3.49. The highest BCUT2D eigenvalue weighted by Gasteiger charge is 2.14. The van der Waals surface area contributed by atoms with Gasteiger partial charge in [-0.2, -0.15) is 5.10 Å². The maximum Gasteiger partial charge on any atom is 0.213 e. The maximum absolute atomic E-state index is 9.31.